The summed E-state index contributed by atoms with van der Waals surface area (Å²) in [6.45, 7) is 1.45. The molecule has 2 rings (SSSR count). The minimum Gasteiger partial charge on any atom is -0.497 e. The number of methoxy groups -OCH3 is 2. The molecule has 0 spiro atoms. The Labute approximate surface area is 114 Å². The molecule has 1 fully saturated rings. The van der Waals surface area contributed by atoms with Gasteiger partial charge in [0.05, 0.1) is 25.7 Å². The maximum atomic E-state index is 9.17. The van der Waals surface area contributed by atoms with Crippen molar-refractivity contribution in [1.29, 1.82) is 5.26 Å². The molecule has 1 aliphatic rings. The molecule has 0 bridgehead atoms. The van der Waals surface area contributed by atoms with Crippen molar-refractivity contribution in [3.8, 4) is 17.6 Å². The molecule has 1 aromatic carbocycles. The topological polar surface area (TPSA) is 54.3 Å². The van der Waals surface area contributed by atoms with Crippen molar-refractivity contribution in [1.82, 2.24) is 5.32 Å². The van der Waals surface area contributed by atoms with E-state index in [-0.39, 0.29) is 5.41 Å². The van der Waals surface area contributed by atoms with Crippen molar-refractivity contribution in [3.05, 3.63) is 23.8 Å². The molecule has 102 valence electrons. The van der Waals surface area contributed by atoms with E-state index in [1.165, 1.54) is 6.42 Å². The Kier molecular flexibility index (Phi) is 4.28. The molecular formula is C15H20N2O2. The van der Waals surface area contributed by atoms with Crippen molar-refractivity contribution in [3.63, 3.8) is 0 Å². The van der Waals surface area contributed by atoms with Crippen LogP contribution in [0.2, 0.25) is 0 Å². The summed E-state index contributed by atoms with van der Waals surface area (Å²) in [7, 11) is 3.29. The molecule has 0 atom stereocenters. The van der Waals surface area contributed by atoms with Gasteiger partial charge < -0.3 is 14.8 Å². The van der Waals surface area contributed by atoms with Gasteiger partial charge >= 0.3 is 0 Å². The molecule has 1 aromatic rings. The van der Waals surface area contributed by atoms with Crippen molar-refractivity contribution in [2.24, 2.45) is 5.41 Å². The molecule has 4 heteroatoms. The van der Waals surface area contributed by atoms with Crippen LogP contribution >= 0.6 is 0 Å². The van der Waals surface area contributed by atoms with Gasteiger partial charge in [-0.15, -0.1) is 0 Å². The number of ether oxygens (including phenoxy) is 2. The second-order valence-electron chi connectivity index (χ2n) is 5.03. The number of nitriles is 1. The second kappa shape index (κ2) is 5.94. The zero-order valence-corrected chi connectivity index (χ0v) is 11.5. The molecule has 1 saturated carbocycles. The zero-order valence-electron chi connectivity index (χ0n) is 11.5. The Hall–Kier alpha value is -1.73. The van der Waals surface area contributed by atoms with E-state index in [9.17, 15) is 5.26 Å². The van der Waals surface area contributed by atoms with Gasteiger partial charge in [-0.3, -0.25) is 0 Å². The third-order valence-electron chi connectivity index (χ3n) is 3.82. The van der Waals surface area contributed by atoms with Crippen molar-refractivity contribution >= 4 is 0 Å². The van der Waals surface area contributed by atoms with Crippen LogP contribution < -0.4 is 14.8 Å². The Morgan fingerprint density at radius 2 is 2.11 bits per heavy atom. The smallest absolute Gasteiger partial charge is 0.127 e. The van der Waals surface area contributed by atoms with Crippen molar-refractivity contribution < 1.29 is 9.47 Å². The lowest BCUT2D eigenvalue weighted by Gasteiger charge is -2.35. The fourth-order valence-electron chi connectivity index (χ4n) is 2.37. The van der Waals surface area contributed by atoms with E-state index < -0.39 is 0 Å². The first-order valence-electron chi connectivity index (χ1n) is 6.56. The summed E-state index contributed by atoms with van der Waals surface area (Å²) in [4.78, 5) is 0. The third-order valence-corrected chi connectivity index (χ3v) is 3.82. The molecule has 0 unspecified atom stereocenters. The number of hydrogen-bond acceptors (Lipinski definition) is 4. The van der Waals surface area contributed by atoms with Gasteiger partial charge in [-0.1, -0.05) is 12.5 Å². The molecule has 1 aliphatic carbocycles. The lowest BCUT2D eigenvalue weighted by atomic mass is 9.70. The summed E-state index contributed by atoms with van der Waals surface area (Å²) in [5.41, 5.74) is 0.940. The first-order valence-corrected chi connectivity index (χ1v) is 6.56. The lowest BCUT2D eigenvalue weighted by Crippen LogP contribution is -2.38. The van der Waals surface area contributed by atoms with Crippen molar-refractivity contribution in [2.45, 2.75) is 25.8 Å². The van der Waals surface area contributed by atoms with Crippen LogP contribution in [0.5, 0.6) is 11.5 Å². The minimum atomic E-state index is -0.139. The molecule has 0 aliphatic heterocycles. The monoisotopic (exact) mass is 260 g/mol. The average molecular weight is 260 g/mol. The van der Waals surface area contributed by atoms with Crippen LogP contribution in [0.4, 0.5) is 0 Å². The summed E-state index contributed by atoms with van der Waals surface area (Å²) < 4.78 is 10.5. The van der Waals surface area contributed by atoms with Gasteiger partial charge in [0.15, 0.2) is 0 Å². The molecule has 4 nitrogen and oxygen atoms in total. The number of nitrogens with zero attached hydrogens (tertiary/aromatic N) is 1. The van der Waals surface area contributed by atoms with Crippen LogP contribution in [0.25, 0.3) is 0 Å². The third kappa shape index (κ3) is 2.99. The highest BCUT2D eigenvalue weighted by molar-refractivity contribution is 5.40. The maximum absolute atomic E-state index is 9.17. The zero-order chi connectivity index (χ0) is 13.7. The van der Waals surface area contributed by atoms with Crippen LogP contribution in [-0.2, 0) is 6.54 Å². The molecule has 0 amide bonds. The van der Waals surface area contributed by atoms with Gasteiger partial charge in [-0.05, 0) is 18.9 Å². The van der Waals surface area contributed by atoms with Crippen molar-refractivity contribution in [2.75, 3.05) is 20.8 Å². The highest BCUT2D eigenvalue weighted by atomic mass is 16.5. The minimum absolute atomic E-state index is 0.139. The van der Waals surface area contributed by atoms with Crippen LogP contribution in [-0.4, -0.2) is 20.8 Å². The molecule has 0 radical (unpaired) electrons. The van der Waals surface area contributed by atoms with E-state index in [1.807, 2.05) is 18.2 Å². The lowest BCUT2D eigenvalue weighted by molar-refractivity contribution is 0.206. The molecule has 1 N–H and O–H groups in total. The normalized spacial score (nSPS) is 16.3. The van der Waals surface area contributed by atoms with Gasteiger partial charge in [0.1, 0.15) is 11.5 Å². The second-order valence-corrected chi connectivity index (χ2v) is 5.03. The fourth-order valence-corrected chi connectivity index (χ4v) is 2.37. The standard InChI is InChI=1S/C15H20N2O2/c1-18-13-5-4-12(14(8-13)19-2)9-17-11-15(10-16)6-3-7-15/h4-5,8,17H,3,6-7,9,11H2,1-2H3. The summed E-state index contributed by atoms with van der Waals surface area (Å²) >= 11 is 0. The predicted octanol–water partition coefficient (Wildman–Crippen LogP) is 2.49. The fraction of sp³-hybridized carbons (Fsp3) is 0.533. The Morgan fingerprint density at radius 1 is 1.32 bits per heavy atom. The SMILES string of the molecule is COc1ccc(CNCC2(C#N)CCC2)c(OC)c1. The highest BCUT2D eigenvalue weighted by Crippen LogP contribution is 2.39. The quantitative estimate of drug-likeness (QED) is 0.853. The number of benzene rings is 1. The van der Waals surface area contributed by atoms with E-state index in [2.05, 4.69) is 11.4 Å². The largest absolute Gasteiger partial charge is 0.497 e. The summed E-state index contributed by atoms with van der Waals surface area (Å²) in [6, 6.07) is 8.22. The van der Waals surface area contributed by atoms with E-state index in [1.54, 1.807) is 14.2 Å². The summed E-state index contributed by atoms with van der Waals surface area (Å²) in [6.07, 6.45) is 3.19. The molecule has 0 heterocycles. The van der Waals surface area contributed by atoms with Crippen LogP contribution in [0, 0.1) is 16.7 Å². The molecular weight excluding hydrogens is 240 g/mol. The number of hydrogen-bond donors (Lipinski definition) is 1. The van der Waals surface area contributed by atoms with Gasteiger partial charge in [0, 0.05) is 24.7 Å². The molecule has 0 aromatic heterocycles. The molecule has 0 saturated heterocycles. The highest BCUT2D eigenvalue weighted by Gasteiger charge is 2.36. The van der Waals surface area contributed by atoms with E-state index in [0.29, 0.717) is 6.54 Å². The predicted molar refractivity (Wildman–Crippen MR) is 73.1 cm³/mol. The van der Waals surface area contributed by atoms with Crippen LogP contribution in [0.15, 0.2) is 18.2 Å². The summed E-state index contributed by atoms with van der Waals surface area (Å²) in [5.74, 6) is 1.60. The Balaban J connectivity index is 1.94. The van der Waals surface area contributed by atoms with Gasteiger partial charge in [-0.25, -0.2) is 0 Å². The van der Waals surface area contributed by atoms with Gasteiger partial charge in [-0.2, -0.15) is 5.26 Å². The van der Waals surface area contributed by atoms with E-state index in [0.717, 1.165) is 36.4 Å². The maximum Gasteiger partial charge on any atom is 0.127 e. The Morgan fingerprint density at radius 3 is 2.63 bits per heavy atom. The number of rotatable bonds is 6. The van der Waals surface area contributed by atoms with Gasteiger partial charge in [0.25, 0.3) is 0 Å². The van der Waals surface area contributed by atoms with Crippen LogP contribution in [0.3, 0.4) is 0 Å². The number of nitrogens with one attached hydrogen (secondary N) is 1. The summed E-state index contributed by atoms with van der Waals surface area (Å²) in [5, 5.41) is 12.5. The van der Waals surface area contributed by atoms with E-state index in [4.69, 9.17) is 9.47 Å². The average Bonchev–Trinajstić information content (AvgIpc) is 2.42. The van der Waals surface area contributed by atoms with Crippen LogP contribution in [0.1, 0.15) is 24.8 Å². The first kappa shape index (κ1) is 13.7. The molecule has 19 heavy (non-hydrogen) atoms. The first-order chi connectivity index (χ1) is 9.23. The Bertz CT molecular complexity index is 476. The van der Waals surface area contributed by atoms with E-state index >= 15 is 0 Å². The van der Waals surface area contributed by atoms with Gasteiger partial charge in [0.2, 0.25) is 0 Å².